The fourth-order valence-electron chi connectivity index (χ4n) is 1.70. The molecular formula is C13H16ClN3O2. The molecule has 1 rings (SSSR count). The number of nitrogens with zero attached hydrogens (tertiary/aromatic N) is 3. The van der Waals surface area contributed by atoms with Gasteiger partial charge in [0.25, 0.3) is 0 Å². The van der Waals surface area contributed by atoms with Gasteiger partial charge in [-0.1, -0.05) is 18.5 Å². The molecule has 0 aliphatic carbocycles. The summed E-state index contributed by atoms with van der Waals surface area (Å²) in [5.41, 5.74) is 0.408. The molecule has 0 saturated heterocycles. The molecule has 0 N–H and O–H groups in total. The van der Waals surface area contributed by atoms with Crippen LogP contribution in [0.2, 0.25) is 5.02 Å². The summed E-state index contributed by atoms with van der Waals surface area (Å²) < 4.78 is 4.70. The Hall–Kier alpha value is -1.80. The Labute approximate surface area is 117 Å². The van der Waals surface area contributed by atoms with E-state index >= 15 is 0 Å². The van der Waals surface area contributed by atoms with Crippen molar-refractivity contribution >= 4 is 23.4 Å². The number of carbonyl (C=O) groups is 1. The van der Waals surface area contributed by atoms with Crippen LogP contribution >= 0.6 is 11.6 Å². The van der Waals surface area contributed by atoms with Crippen molar-refractivity contribution in [3.63, 3.8) is 0 Å². The largest absolute Gasteiger partial charge is 0.469 e. The van der Waals surface area contributed by atoms with Crippen molar-refractivity contribution in [2.24, 2.45) is 5.92 Å². The van der Waals surface area contributed by atoms with Crippen LogP contribution in [0.1, 0.15) is 19.4 Å². The molecule has 1 heterocycles. The quantitative estimate of drug-likeness (QED) is 0.775. The standard InChI is InChI=1S/C13H16ClN3O2/c1-4-17(8-9(2)13(18)19-3)12-11(14)5-10(6-15)7-16-12/h5,7,9H,4,8H2,1-3H3/t9-/m0/s1. The molecule has 0 fully saturated rings. The van der Waals surface area contributed by atoms with Crippen molar-refractivity contribution in [3.05, 3.63) is 22.8 Å². The summed E-state index contributed by atoms with van der Waals surface area (Å²) >= 11 is 6.11. The van der Waals surface area contributed by atoms with Gasteiger partial charge in [-0.3, -0.25) is 4.79 Å². The lowest BCUT2D eigenvalue weighted by molar-refractivity contribution is -0.144. The summed E-state index contributed by atoms with van der Waals surface area (Å²) in [7, 11) is 1.36. The van der Waals surface area contributed by atoms with Gasteiger partial charge in [-0.2, -0.15) is 5.26 Å². The van der Waals surface area contributed by atoms with Crippen LogP contribution in [0.3, 0.4) is 0 Å². The van der Waals surface area contributed by atoms with Crippen molar-refractivity contribution in [2.45, 2.75) is 13.8 Å². The fourth-order valence-corrected chi connectivity index (χ4v) is 1.98. The number of rotatable bonds is 5. The van der Waals surface area contributed by atoms with Gasteiger partial charge in [-0.05, 0) is 13.0 Å². The normalized spacial score (nSPS) is 11.5. The van der Waals surface area contributed by atoms with Crippen molar-refractivity contribution < 1.29 is 9.53 Å². The molecular weight excluding hydrogens is 266 g/mol. The Morgan fingerprint density at radius 1 is 1.68 bits per heavy atom. The van der Waals surface area contributed by atoms with Crippen LogP contribution in [0.5, 0.6) is 0 Å². The van der Waals surface area contributed by atoms with E-state index in [-0.39, 0.29) is 11.9 Å². The predicted molar refractivity (Wildman–Crippen MR) is 73.0 cm³/mol. The third-order valence-corrected chi connectivity index (χ3v) is 3.01. The molecule has 102 valence electrons. The van der Waals surface area contributed by atoms with Crippen LogP contribution in [0.15, 0.2) is 12.3 Å². The molecule has 0 unspecified atom stereocenters. The molecule has 1 aromatic rings. The van der Waals surface area contributed by atoms with Gasteiger partial charge in [-0.25, -0.2) is 4.98 Å². The first-order valence-corrected chi connectivity index (χ1v) is 6.29. The van der Waals surface area contributed by atoms with Gasteiger partial charge in [0, 0.05) is 19.3 Å². The van der Waals surface area contributed by atoms with E-state index in [9.17, 15) is 4.79 Å². The van der Waals surface area contributed by atoms with Gasteiger partial charge in [0.1, 0.15) is 11.9 Å². The second-order valence-corrected chi connectivity index (χ2v) is 4.51. The summed E-state index contributed by atoms with van der Waals surface area (Å²) in [4.78, 5) is 17.5. The van der Waals surface area contributed by atoms with Crippen molar-refractivity contribution in [1.29, 1.82) is 5.26 Å². The molecule has 1 aromatic heterocycles. The molecule has 0 aromatic carbocycles. The average molecular weight is 282 g/mol. The number of pyridine rings is 1. The van der Waals surface area contributed by atoms with Crippen molar-refractivity contribution in [3.8, 4) is 6.07 Å². The first-order valence-electron chi connectivity index (χ1n) is 5.91. The van der Waals surface area contributed by atoms with E-state index in [2.05, 4.69) is 4.98 Å². The highest BCUT2D eigenvalue weighted by Gasteiger charge is 2.19. The zero-order chi connectivity index (χ0) is 14.4. The van der Waals surface area contributed by atoms with Gasteiger partial charge in [0.2, 0.25) is 0 Å². The first kappa shape index (κ1) is 15.3. The second-order valence-electron chi connectivity index (χ2n) is 4.10. The number of anilines is 1. The number of halogens is 1. The lowest BCUT2D eigenvalue weighted by atomic mass is 10.1. The van der Waals surface area contributed by atoms with E-state index < -0.39 is 0 Å². The molecule has 0 radical (unpaired) electrons. The van der Waals surface area contributed by atoms with Gasteiger partial charge in [0.15, 0.2) is 0 Å². The number of nitriles is 1. The third-order valence-electron chi connectivity index (χ3n) is 2.73. The van der Waals surface area contributed by atoms with E-state index in [0.717, 1.165) is 0 Å². The first-order chi connectivity index (χ1) is 9.03. The molecule has 5 nitrogen and oxygen atoms in total. The van der Waals surface area contributed by atoms with Crippen LogP contribution in [0.4, 0.5) is 5.82 Å². The molecule has 0 aliphatic heterocycles. The summed E-state index contributed by atoms with van der Waals surface area (Å²) in [6.07, 6.45) is 1.46. The highest BCUT2D eigenvalue weighted by molar-refractivity contribution is 6.33. The summed E-state index contributed by atoms with van der Waals surface area (Å²) in [5, 5.41) is 9.18. The smallest absolute Gasteiger partial charge is 0.310 e. The Morgan fingerprint density at radius 2 is 2.37 bits per heavy atom. The van der Waals surface area contributed by atoms with Crippen LogP contribution in [-0.2, 0) is 9.53 Å². The van der Waals surface area contributed by atoms with Gasteiger partial charge >= 0.3 is 5.97 Å². The van der Waals surface area contributed by atoms with Crippen molar-refractivity contribution in [1.82, 2.24) is 4.98 Å². The number of aromatic nitrogens is 1. The van der Waals surface area contributed by atoms with Crippen LogP contribution in [0, 0.1) is 17.2 Å². The monoisotopic (exact) mass is 281 g/mol. The van der Waals surface area contributed by atoms with Crippen LogP contribution < -0.4 is 4.90 Å². The second kappa shape index (κ2) is 6.95. The Bertz CT molecular complexity index is 499. The maximum absolute atomic E-state index is 11.4. The van der Waals surface area contributed by atoms with Crippen LogP contribution in [-0.4, -0.2) is 31.2 Å². The number of ether oxygens (including phenoxy) is 1. The molecule has 0 spiro atoms. The number of esters is 1. The molecule has 0 amide bonds. The molecule has 1 atom stereocenters. The van der Waals surface area contributed by atoms with Gasteiger partial charge in [-0.15, -0.1) is 0 Å². The van der Waals surface area contributed by atoms with Crippen LogP contribution in [0.25, 0.3) is 0 Å². The molecule has 6 heteroatoms. The van der Waals surface area contributed by atoms with E-state index in [4.69, 9.17) is 21.6 Å². The number of methoxy groups -OCH3 is 1. The summed E-state index contributed by atoms with van der Waals surface area (Å²) in [6, 6.07) is 3.55. The van der Waals surface area contributed by atoms with Gasteiger partial charge in [0.05, 0.1) is 23.6 Å². The SMILES string of the molecule is CCN(C[C@H](C)C(=O)OC)c1ncc(C#N)cc1Cl. The van der Waals surface area contributed by atoms with Gasteiger partial charge < -0.3 is 9.64 Å². The van der Waals surface area contributed by atoms with E-state index in [1.54, 1.807) is 13.0 Å². The Balaban J connectivity index is 2.92. The summed E-state index contributed by atoms with van der Waals surface area (Å²) in [6.45, 7) is 4.84. The minimum atomic E-state index is -0.279. The van der Waals surface area contributed by atoms with E-state index in [1.165, 1.54) is 13.3 Å². The van der Waals surface area contributed by atoms with Crippen molar-refractivity contribution in [2.75, 3.05) is 25.1 Å². The average Bonchev–Trinajstić information content (AvgIpc) is 2.43. The minimum Gasteiger partial charge on any atom is -0.469 e. The minimum absolute atomic E-state index is 0.275. The topological polar surface area (TPSA) is 66.2 Å². The lowest BCUT2D eigenvalue weighted by Crippen LogP contribution is -2.33. The summed E-state index contributed by atoms with van der Waals surface area (Å²) in [5.74, 6) is 0.0144. The van der Waals surface area contributed by atoms with E-state index in [1.807, 2.05) is 17.9 Å². The Kier molecular flexibility index (Phi) is 5.58. The maximum atomic E-state index is 11.4. The van der Waals surface area contributed by atoms with E-state index in [0.29, 0.717) is 29.5 Å². The Morgan fingerprint density at radius 3 is 2.84 bits per heavy atom. The number of hydrogen-bond donors (Lipinski definition) is 0. The number of carbonyl (C=O) groups excluding carboxylic acids is 1. The zero-order valence-corrected chi connectivity index (χ0v) is 11.9. The highest BCUT2D eigenvalue weighted by Crippen LogP contribution is 2.24. The molecule has 19 heavy (non-hydrogen) atoms. The molecule has 0 bridgehead atoms. The third kappa shape index (κ3) is 3.83. The highest BCUT2D eigenvalue weighted by atomic mass is 35.5. The molecule has 0 saturated carbocycles. The number of hydrogen-bond acceptors (Lipinski definition) is 5. The predicted octanol–water partition coefficient (Wildman–Crippen LogP) is 2.24. The fraction of sp³-hybridized carbons (Fsp3) is 0.462. The lowest BCUT2D eigenvalue weighted by Gasteiger charge is -2.25. The maximum Gasteiger partial charge on any atom is 0.310 e. The molecule has 0 aliphatic rings. The zero-order valence-electron chi connectivity index (χ0n) is 11.2.